The van der Waals surface area contributed by atoms with Crippen LogP contribution in [0.25, 0.3) is 0 Å². The van der Waals surface area contributed by atoms with Crippen LogP contribution in [0, 0.1) is 11.4 Å². The Balaban J connectivity index is -0.00000180. The van der Waals surface area contributed by atoms with E-state index in [1.165, 1.54) is 49.7 Å². The topological polar surface area (TPSA) is 0 Å². The summed E-state index contributed by atoms with van der Waals surface area (Å²) in [6.45, 7) is 18.9. The van der Waals surface area contributed by atoms with Gasteiger partial charge in [0.15, 0.2) is 0 Å². The van der Waals surface area contributed by atoms with Crippen molar-refractivity contribution in [3.63, 3.8) is 0 Å². The molecule has 0 aliphatic carbocycles. The Kier molecular flexibility index (Phi) is 17.0. The van der Waals surface area contributed by atoms with Gasteiger partial charge in [0.25, 0.3) is 0 Å². The SMILES string of the molecule is CCCCC(=[C-][Si](C)(C)C)C(=[C-][Si](C)(C)C)CCCC.[Li+].[Li+]. The van der Waals surface area contributed by atoms with Crippen LogP contribution in [0.1, 0.15) is 52.4 Å². The molecule has 0 aromatic carbocycles. The summed E-state index contributed by atoms with van der Waals surface area (Å²) in [5.74, 6) is 0. The first-order valence-corrected chi connectivity index (χ1v) is 15.4. The Morgan fingerprint density at radius 3 is 1.09 bits per heavy atom. The van der Waals surface area contributed by atoms with E-state index in [1.54, 1.807) is 0 Å². The first-order chi connectivity index (χ1) is 9.09. The number of hydrogen-bond acceptors (Lipinski definition) is 0. The first kappa shape index (κ1) is 27.9. The zero-order chi connectivity index (χ0) is 15.8. The minimum Gasteiger partial charge on any atom is -0.377 e. The van der Waals surface area contributed by atoms with Crippen LogP contribution in [-0.4, -0.2) is 16.1 Å². The maximum atomic E-state index is 3.90. The molecule has 0 atom stereocenters. The normalized spacial score (nSPS) is 13.5. The van der Waals surface area contributed by atoms with Crippen LogP contribution < -0.4 is 37.7 Å². The summed E-state index contributed by atoms with van der Waals surface area (Å²) in [4.78, 5) is 0. The molecule has 0 radical (unpaired) electrons. The molecule has 0 nitrogen and oxygen atoms in total. The van der Waals surface area contributed by atoms with Crippen LogP contribution in [-0.2, 0) is 0 Å². The van der Waals surface area contributed by atoms with Crippen LogP contribution in [0.2, 0.25) is 39.3 Å². The van der Waals surface area contributed by atoms with E-state index >= 15 is 0 Å². The fraction of sp³-hybridized carbons (Fsp3) is 0.778. The van der Waals surface area contributed by atoms with Gasteiger partial charge in [-0.05, 0) is 16.1 Å². The maximum absolute atomic E-state index is 3.90. The Morgan fingerprint density at radius 1 is 0.636 bits per heavy atom. The quantitative estimate of drug-likeness (QED) is 0.331. The zero-order valence-electron chi connectivity index (χ0n) is 17.2. The minimum absolute atomic E-state index is 0. The number of unbranched alkanes of at least 4 members (excludes halogenated alkanes) is 2. The molecular weight excluding hydrogens is 286 g/mol. The van der Waals surface area contributed by atoms with E-state index in [0.717, 1.165) is 0 Å². The third kappa shape index (κ3) is 16.0. The predicted octanol–water partition coefficient (Wildman–Crippen LogP) is 0.589. The summed E-state index contributed by atoms with van der Waals surface area (Å²) < 4.78 is 0. The van der Waals surface area contributed by atoms with Gasteiger partial charge in [0.05, 0.1) is 0 Å². The van der Waals surface area contributed by atoms with Crippen molar-refractivity contribution in [2.45, 2.75) is 91.7 Å². The van der Waals surface area contributed by atoms with Crippen LogP contribution in [0.4, 0.5) is 0 Å². The molecule has 4 heteroatoms. The van der Waals surface area contributed by atoms with E-state index in [-0.39, 0.29) is 37.7 Å². The van der Waals surface area contributed by atoms with Crippen molar-refractivity contribution < 1.29 is 37.7 Å². The molecule has 22 heavy (non-hydrogen) atoms. The van der Waals surface area contributed by atoms with E-state index < -0.39 is 16.1 Å². The van der Waals surface area contributed by atoms with Crippen molar-refractivity contribution in [3.05, 3.63) is 22.5 Å². The molecule has 0 N–H and O–H groups in total. The Bertz CT molecular complexity index is 300. The summed E-state index contributed by atoms with van der Waals surface area (Å²) >= 11 is 0. The molecule has 0 unspecified atom stereocenters. The van der Waals surface area contributed by atoms with E-state index in [2.05, 4.69) is 64.5 Å². The molecule has 118 valence electrons. The maximum Gasteiger partial charge on any atom is 1.00 e. The Hall–Kier alpha value is 1.11. The van der Waals surface area contributed by atoms with Crippen molar-refractivity contribution in [2.75, 3.05) is 0 Å². The van der Waals surface area contributed by atoms with Crippen molar-refractivity contribution in [1.82, 2.24) is 0 Å². The van der Waals surface area contributed by atoms with Gasteiger partial charge >= 0.3 is 37.7 Å². The van der Waals surface area contributed by atoms with E-state index in [9.17, 15) is 0 Å². The number of hydrogen-bond donors (Lipinski definition) is 0. The molecule has 0 saturated heterocycles. The second-order valence-corrected chi connectivity index (χ2v) is 17.4. The van der Waals surface area contributed by atoms with Crippen LogP contribution in [0.5, 0.6) is 0 Å². The molecule has 0 aliphatic heterocycles. The Morgan fingerprint density at radius 2 is 0.909 bits per heavy atom. The van der Waals surface area contributed by atoms with Gasteiger partial charge < -0.3 is 22.5 Å². The largest absolute Gasteiger partial charge is 1.00 e. The van der Waals surface area contributed by atoms with Crippen LogP contribution in [0.3, 0.4) is 0 Å². The molecule has 0 bridgehead atoms. The van der Waals surface area contributed by atoms with Gasteiger partial charge in [-0.3, -0.25) is 0 Å². The fourth-order valence-electron chi connectivity index (χ4n) is 2.19. The van der Waals surface area contributed by atoms with Crippen molar-refractivity contribution in [2.24, 2.45) is 0 Å². The number of rotatable bonds is 9. The van der Waals surface area contributed by atoms with Gasteiger partial charge in [-0.15, -0.1) is 12.8 Å². The van der Waals surface area contributed by atoms with Gasteiger partial charge in [-0.25, -0.2) is 0 Å². The second-order valence-electron chi connectivity index (χ2n) is 7.91. The van der Waals surface area contributed by atoms with E-state index in [0.29, 0.717) is 0 Å². The van der Waals surface area contributed by atoms with Gasteiger partial charge in [-0.1, -0.05) is 78.8 Å². The summed E-state index contributed by atoms with van der Waals surface area (Å²) in [5, 5.41) is 0. The van der Waals surface area contributed by atoms with Crippen LogP contribution in [0.15, 0.2) is 11.1 Å². The molecule has 0 fully saturated rings. The average molecular weight is 323 g/mol. The minimum atomic E-state index is -1.28. The third-order valence-electron chi connectivity index (χ3n) is 2.98. The Labute approximate surface area is 167 Å². The number of allylic oxidation sites excluding steroid dienone is 2. The molecule has 0 aromatic heterocycles. The van der Waals surface area contributed by atoms with Crippen molar-refractivity contribution >= 4 is 16.1 Å². The van der Waals surface area contributed by atoms with Crippen LogP contribution >= 0.6 is 0 Å². The summed E-state index contributed by atoms with van der Waals surface area (Å²) in [6, 6.07) is 0. The zero-order valence-corrected chi connectivity index (χ0v) is 19.2. The monoisotopic (exact) mass is 322 g/mol. The molecule has 0 rings (SSSR count). The predicted molar refractivity (Wildman–Crippen MR) is 99.3 cm³/mol. The molecule has 0 amide bonds. The summed E-state index contributed by atoms with van der Waals surface area (Å²) in [5.41, 5.74) is 10.8. The van der Waals surface area contributed by atoms with Gasteiger partial charge in [-0.2, -0.15) is 0 Å². The molecule has 0 heterocycles. The van der Waals surface area contributed by atoms with E-state index in [1.807, 2.05) is 0 Å². The molecular formula is C18H36Li2Si2. The average Bonchev–Trinajstić information content (AvgIpc) is 2.27. The molecule has 0 saturated carbocycles. The standard InChI is InChI=1S/C18H36Si2.2Li/c1-9-11-13-17(15-19(3,4)5)18(14-12-10-2)16-20(6,7)8;;/h9-14H2,1-8H3;;/q-2;2*+1. The fourth-order valence-corrected chi connectivity index (χ4v) is 4.55. The summed E-state index contributed by atoms with van der Waals surface area (Å²) in [7, 11) is -2.56. The third-order valence-corrected chi connectivity index (χ3v) is 5.08. The molecule has 0 aliphatic rings. The van der Waals surface area contributed by atoms with Crippen molar-refractivity contribution in [3.8, 4) is 0 Å². The van der Waals surface area contributed by atoms with E-state index in [4.69, 9.17) is 0 Å². The molecule has 0 aromatic rings. The first-order valence-electron chi connectivity index (χ1n) is 8.37. The second kappa shape index (κ2) is 13.4. The summed E-state index contributed by atoms with van der Waals surface area (Å²) in [6.07, 6.45) is 7.52. The van der Waals surface area contributed by atoms with Crippen molar-refractivity contribution in [1.29, 1.82) is 0 Å². The molecule has 0 spiro atoms. The van der Waals surface area contributed by atoms with Gasteiger partial charge in [0.2, 0.25) is 0 Å². The van der Waals surface area contributed by atoms with Gasteiger partial charge in [0.1, 0.15) is 0 Å². The van der Waals surface area contributed by atoms with Gasteiger partial charge in [0, 0.05) is 0 Å². The smallest absolute Gasteiger partial charge is 0.377 e.